The normalized spacial score (nSPS) is 46.8. The van der Waals surface area contributed by atoms with Crippen LogP contribution in [0.1, 0.15) is 145 Å². The van der Waals surface area contributed by atoms with Crippen LogP contribution in [0.4, 0.5) is 0 Å². The highest BCUT2D eigenvalue weighted by atomic mass is 16.6. The van der Waals surface area contributed by atoms with E-state index in [2.05, 4.69) is 48.5 Å². The molecule has 12 aliphatic rings. The van der Waals surface area contributed by atoms with Gasteiger partial charge in [-0.25, -0.2) is 0 Å². The summed E-state index contributed by atoms with van der Waals surface area (Å²) in [4.78, 5) is 0. The summed E-state index contributed by atoms with van der Waals surface area (Å²) in [5.41, 5.74) is 0.612. The number of hydrogen-bond acceptors (Lipinski definition) is 14. The van der Waals surface area contributed by atoms with E-state index in [1.54, 1.807) is 0 Å². The lowest BCUT2D eigenvalue weighted by Gasteiger charge is -2.45. The van der Waals surface area contributed by atoms with Gasteiger partial charge in [0.1, 0.15) is 18.3 Å². The summed E-state index contributed by atoms with van der Waals surface area (Å²) in [5.74, 6) is 2.39. The summed E-state index contributed by atoms with van der Waals surface area (Å²) < 4.78 is 72.6. The van der Waals surface area contributed by atoms with Gasteiger partial charge in [0, 0.05) is 16.2 Å². The lowest BCUT2D eigenvalue weighted by molar-refractivity contribution is -0.183. The summed E-state index contributed by atoms with van der Waals surface area (Å²) in [5, 5.41) is 21.1. The van der Waals surface area contributed by atoms with Crippen LogP contribution < -0.4 is 0 Å². The Morgan fingerprint density at radius 1 is 0.507 bits per heavy atom. The van der Waals surface area contributed by atoms with Crippen LogP contribution in [0.2, 0.25) is 0 Å². The van der Waals surface area contributed by atoms with E-state index in [4.69, 9.17) is 56.8 Å². The zero-order chi connectivity index (χ0) is 50.9. The first-order valence-electron chi connectivity index (χ1n) is 29.6. The van der Waals surface area contributed by atoms with Crippen molar-refractivity contribution >= 4 is 0 Å². The molecule has 73 heavy (non-hydrogen) atoms. The van der Waals surface area contributed by atoms with Gasteiger partial charge in [-0.1, -0.05) is 48.5 Å². The fourth-order valence-electron chi connectivity index (χ4n) is 16.4. The number of epoxide rings is 2. The fraction of sp³-hybridized carbons (Fsp3) is 1.00. The van der Waals surface area contributed by atoms with Crippen LogP contribution in [0.25, 0.3) is 0 Å². The number of fused-ring (bicyclic) bond motifs is 8. The minimum atomic E-state index is -0.540. The molecule has 8 saturated carbocycles. The first kappa shape index (κ1) is 54.4. The van der Waals surface area contributed by atoms with E-state index in [1.165, 1.54) is 12.8 Å². The van der Waals surface area contributed by atoms with Crippen molar-refractivity contribution in [2.75, 3.05) is 99.1 Å². The molecule has 0 aromatic carbocycles. The third-order valence-corrected chi connectivity index (χ3v) is 22.2. The van der Waals surface area contributed by atoms with Crippen LogP contribution in [-0.2, 0) is 56.8 Å². The van der Waals surface area contributed by atoms with Crippen LogP contribution >= 0.6 is 0 Å². The molecule has 4 aliphatic heterocycles. The molecule has 12 rings (SSSR count). The van der Waals surface area contributed by atoms with Crippen LogP contribution in [0.3, 0.4) is 0 Å². The molecule has 4 saturated heterocycles. The minimum Gasteiger partial charge on any atom is -0.396 e. The molecule has 8 aliphatic carbocycles. The molecular weight excluding hydrogens is 933 g/mol. The van der Waals surface area contributed by atoms with Crippen molar-refractivity contribution in [3.8, 4) is 0 Å². The predicted molar refractivity (Wildman–Crippen MR) is 272 cm³/mol. The number of aliphatic hydroxyl groups excluding tert-OH is 2. The highest BCUT2D eigenvalue weighted by molar-refractivity contribution is 5.13. The monoisotopic (exact) mass is 1030 g/mol. The zero-order valence-corrected chi connectivity index (χ0v) is 46.2. The Hall–Kier alpha value is -0.560. The number of hydrogen-bond donors (Lipinski definition) is 2. The average molecular weight is 1030 g/mol. The molecule has 418 valence electrons. The second-order valence-electron chi connectivity index (χ2n) is 28.2. The van der Waals surface area contributed by atoms with Gasteiger partial charge in [0.25, 0.3) is 0 Å². The third kappa shape index (κ3) is 11.5. The zero-order valence-electron chi connectivity index (χ0n) is 46.2. The van der Waals surface area contributed by atoms with Gasteiger partial charge in [-0.2, -0.15) is 0 Å². The number of rotatable bonds is 28. The van der Waals surface area contributed by atoms with Gasteiger partial charge in [-0.05, 0) is 142 Å². The smallest absolute Gasteiger partial charge is 0.104 e. The molecule has 4 heterocycles. The van der Waals surface area contributed by atoms with Crippen molar-refractivity contribution in [2.45, 2.75) is 212 Å². The van der Waals surface area contributed by atoms with Crippen molar-refractivity contribution in [2.24, 2.45) is 61.6 Å². The summed E-state index contributed by atoms with van der Waals surface area (Å²) in [6.45, 7) is 26.4. The van der Waals surface area contributed by atoms with Gasteiger partial charge in [0.15, 0.2) is 0 Å². The highest BCUT2D eigenvalue weighted by Gasteiger charge is 2.64. The number of ether oxygens (including phenoxy) is 12. The van der Waals surface area contributed by atoms with Crippen molar-refractivity contribution < 1.29 is 67.1 Å². The molecule has 0 spiro atoms. The van der Waals surface area contributed by atoms with Crippen LogP contribution in [0.15, 0.2) is 0 Å². The molecule has 0 amide bonds. The van der Waals surface area contributed by atoms with Crippen molar-refractivity contribution in [3.05, 3.63) is 0 Å². The maximum Gasteiger partial charge on any atom is 0.104 e. The van der Waals surface area contributed by atoms with E-state index in [0.29, 0.717) is 86.7 Å². The highest BCUT2D eigenvalue weighted by Crippen LogP contribution is 2.65. The molecular formula is C59H98O14. The molecule has 18 atom stereocenters. The van der Waals surface area contributed by atoms with Crippen molar-refractivity contribution in [3.63, 3.8) is 0 Å². The molecule has 8 bridgehead atoms. The van der Waals surface area contributed by atoms with Crippen molar-refractivity contribution in [1.29, 1.82) is 0 Å². The first-order valence-corrected chi connectivity index (χ1v) is 29.6. The average Bonchev–Trinajstić information content (AvgIpc) is 3.96. The molecule has 18 unspecified atom stereocenters. The van der Waals surface area contributed by atoms with Crippen LogP contribution in [-0.4, -0.2) is 176 Å². The largest absolute Gasteiger partial charge is 0.396 e. The molecule has 14 nitrogen and oxygen atoms in total. The van der Waals surface area contributed by atoms with Gasteiger partial charge in [-0.15, -0.1) is 0 Å². The van der Waals surface area contributed by atoms with E-state index in [0.717, 1.165) is 150 Å². The minimum absolute atomic E-state index is 0.0880. The molecule has 0 radical (unpaired) electrons. The Morgan fingerprint density at radius 2 is 0.863 bits per heavy atom. The number of aliphatic hydroxyl groups is 2. The van der Waals surface area contributed by atoms with Gasteiger partial charge >= 0.3 is 0 Å². The summed E-state index contributed by atoms with van der Waals surface area (Å²) in [6.07, 6.45) is 18.7. The maximum absolute atomic E-state index is 10.7. The predicted octanol–water partition coefficient (Wildman–Crippen LogP) is 7.73. The van der Waals surface area contributed by atoms with E-state index in [-0.39, 0.29) is 68.9 Å². The van der Waals surface area contributed by atoms with Gasteiger partial charge < -0.3 is 67.1 Å². The Labute approximate surface area is 438 Å². The Morgan fingerprint density at radius 3 is 1.14 bits per heavy atom. The lowest BCUT2D eigenvalue weighted by atomic mass is 9.78. The maximum atomic E-state index is 10.7. The summed E-state index contributed by atoms with van der Waals surface area (Å²) >= 11 is 0. The topological polar surface area (TPSA) is 158 Å². The fourth-order valence-corrected chi connectivity index (χ4v) is 16.4. The second-order valence-corrected chi connectivity index (χ2v) is 28.2. The van der Waals surface area contributed by atoms with E-state index in [1.807, 2.05) is 0 Å². The molecule has 2 N–H and O–H groups in total. The first-order chi connectivity index (χ1) is 35.0. The Bertz CT molecular complexity index is 1700. The van der Waals surface area contributed by atoms with Gasteiger partial charge in [0.2, 0.25) is 0 Å². The lowest BCUT2D eigenvalue weighted by Crippen LogP contribution is -2.49. The second kappa shape index (κ2) is 21.5. The van der Waals surface area contributed by atoms with Crippen LogP contribution in [0, 0.1) is 61.6 Å². The van der Waals surface area contributed by atoms with E-state index in [9.17, 15) is 10.2 Å². The molecule has 0 aromatic heterocycles. The molecule has 14 heteroatoms. The standard InChI is InChI=1S/C36H62O7.C23H36O7/c1-8-34(17-37,22-40-26-11-32(6)15-30(26,4)13-28(32)42-24-35(9-2)18-38-19-35)23-41-27-12-33(7)16-31(27,5)14-29(33)43-25-36(10-3)20-39-21-36;24-17(7-27-20-3-15-1-13(20)5-22(15)29-11-18-9-25-18)8-28-21-4-16-2-14(21)6-23(16)30-12-19-10-26-19/h26-29,37H,8-25H2,1-7H3;13-24H,1-12H2. The van der Waals surface area contributed by atoms with Gasteiger partial charge in [0.05, 0.1) is 148 Å². The summed E-state index contributed by atoms with van der Waals surface area (Å²) in [6, 6.07) is 0. The van der Waals surface area contributed by atoms with Crippen molar-refractivity contribution in [1.82, 2.24) is 0 Å². The summed E-state index contributed by atoms with van der Waals surface area (Å²) in [7, 11) is 0. The Kier molecular flexibility index (Phi) is 16.0. The van der Waals surface area contributed by atoms with Crippen LogP contribution in [0.5, 0.6) is 0 Å². The molecule has 12 fully saturated rings. The molecule has 0 aromatic rings. The van der Waals surface area contributed by atoms with E-state index >= 15 is 0 Å². The van der Waals surface area contributed by atoms with Gasteiger partial charge in [-0.3, -0.25) is 0 Å². The third-order valence-electron chi connectivity index (χ3n) is 22.2. The van der Waals surface area contributed by atoms with E-state index < -0.39 is 6.10 Å². The Balaban J connectivity index is 0.000000167. The SMILES string of the molecule is CCC1(COC2CC3(C)CC2(C)CC3OCC(CC)(CO)COC2CC3(C)CC2(C)CC3OCC2(CC)COC2)COC1.OC(COC1CC2CC1CC2OCC1CO1)COC1CC2CC1CC2OCC1CO1. The quantitative estimate of drug-likeness (QED) is 0.0734.